The molecule has 2 aromatic heterocycles. The lowest BCUT2D eigenvalue weighted by Gasteiger charge is -2.29. The summed E-state index contributed by atoms with van der Waals surface area (Å²) < 4.78 is 5.22. The number of aromatic nitrogens is 3. The Kier molecular flexibility index (Phi) is 4.70. The second kappa shape index (κ2) is 7.20. The van der Waals surface area contributed by atoms with Gasteiger partial charge in [-0.3, -0.25) is 29.4 Å². The van der Waals surface area contributed by atoms with Crippen LogP contribution in [0.5, 0.6) is 0 Å². The summed E-state index contributed by atoms with van der Waals surface area (Å²) >= 11 is 1.39. The van der Waals surface area contributed by atoms with Crippen molar-refractivity contribution in [2.45, 2.75) is 32.4 Å². The van der Waals surface area contributed by atoms with Gasteiger partial charge in [-0.05, 0) is 13.3 Å². The largest absolute Gasteiger partial charge is 0.361 e. The number of rotatable bonds is 5. The topological polar surface area (TPSA) is 139 Å². The third kappa shape index (κ3) is 3.53. The van der Waals surface area contributed by atoms with E-state index in [1.165, 1.54) is 16.2 Å². The summed E-state index contributed by atoms with van der Waals surface area (Å²) in [5, 5.41) is 8.53. The quantitative estimate of drug-likeness (QED) is 0.667. The number of amides is 4. The van der Waals surface area contributed by atoms with Crippen LogP contribution >= 0.6 is 11.3 Å². The summed E-state index contributed by atoms with van der Waals surface area (Å²) in [5.41, 5.74) is 0.951. The molecular formula is C17H16N6O5S. The Morgan fingerprint density at radius 3 is 2.79 bits per heavy atom. The average molecular weight is 416 g/mol. The Morgan fingerprint density at radius 1 is 1.31 bits per heavy atom. The zero-order valence-electron chi connectivity index (χ0n) is 15.5. The van der Waals surface area contributed by atoms with Crippen LogP contribution in [0.2, 0.25) is 0 Å². The van der Waals surface area contributed by atoms with Crippen LogP contribution in [0.4, 0.5) is 0 Å². The molecule has 1 unspecified atom stereocenters. The van der Waals surface area contributed by atoms with E-state index < -0.39 is 29.7 Å². The zero-order valence-corrected chi connectivity index (χ0v) is 16.4. The predicted molar refractivity (Wildman–Crippen MR) is 97.7 cm³/mol. The smallest absolute Gasteiger partial charge is 0.277 e. The number of aryl methyl sites for hydroxylation is 1. The standard InChI is InChI=1S/C17H16N6O5S/c1-8-7-29-16(18-8)14-20-12(28-21-14)6-22(2)10-5-13(25)23(17(10)27)9-3-4-11(24)19-15(9)26/h5,7,9H,3-4,6H2,1-2H3,(H,19,24,26). The molecule has 29 heavy (non-hydrogen) atoms. The molecule has 2 aromatic rings. The molecule has 0 spiro atoms. The van der Waals surface area contributed by atoms with Crippen molar-refractivity contribution in [1.82, 2.24) is 30.2 Å². The lowest BCUT2D eigenvalue weighted by Crippen LogP contribution is -2.54. The summed E-state index contributed by atoms with van der Waals surface area (Å²) in [6.45, 7) is 1.95. The first-order valence-electron chi connectivity index (χ1n) is 8.72. The first-order chi connectivity index (χ1) is 13.8. The summed E-state index contributed by atoms with van der Waals surface area (Å²) in [6.07, 6.45) is 1.33. The summed E-state index contributed by atoms with van der Waals surface area (Å²) in [7, 11) is 1.60. The summed E-state index contributed by atoms with van der Waals surface area (Å²) in [6, 6.07) is -1.00. The average Bonchev–Trinajstić information content (AvgIpc) is 3.36. The molecule has 11 nitrogen and oxygen atoms in total. The maximum atomic E-state index is 12.8. The molecule has 0 radical (unpaired) electrons. The van der Waals surface area contributed by atoms with E-state index in [2.05, 4.69) is 20.4 Å². The monoisotopic (exact) mass is 416 g/mol. The molecule has 0 aromatic carbocycles. The fraction of sp³-hybridized carbons (Fsp3) is 0.353. The molecule has 0 saturated carbocycles. The van der Waals surface area contributed by atoms with Crippen molar-refractivity contribution >= 4 is 35.0 Å². The van der Waals surface area contributed by atoms with E-state index in [1.807, 2.05) is 12.3 Å². The van der Waals surface area contributed by atoms with Gasteiger partial charge < -0.3 is 9.42 Å². The highest BCUT2D eigenvalue weighted by Gasteiger charge is 2.43. The minimum atomic E-state index is -1.00. The van der Waals surface area contributed by atoms with E-state index in [4.69, 9.17) is 4.52 Å². The van der Waals surface area contributed by atoms with Crippen molar-refractivity contribution in [3.05, 3.63) is 28.7 Å². The number of piperidine rings is 1. The molecule has 0 aliphatic carbocycles. The maximum absolute atomic E-state index is 12.8. The first-order valence-corrected chi connectivity index (χ1v) is 9.60. The number of hydrogen-bond acceptors (Lipinski definition) is 10. The van der Waals surface area contributed by atoms with Crippen LogP contribution in [0.1, 0.15) is 24.4 Å². The Labute approximate surface area is 168 Å². The van der Waals surface area contributed by atoms with E-state index in [9.17, 15) is 19.2 Å². The van der Waals surface area contributed by atoms with Gasteiger partial charge in [0, 0.05) is 30.6 Å². The van der Waals surface area contributed by atoms with Gasteiger partial charge in [-0.1, -0.05) is 5.16 Å². The molecule has 1 N–H and O–H groups in total. The van der Waals surface area contributed by atoms with E-state index in [1.54, 1.807) is 7.05 Å². The van der Waals surface area contributed by atoms with Crippen LogP contribution in [0.15, 0.2) is 21.7 Å². The molecule has 12 heteroatoms. The number of likely N-dealkylation sites (N-methyl/N-ethyl adjacent to an activating group) is 1. The van der Waals surface area contributed by atoms with Crippen molar-refractivity contribution in [2.75, 3.05) is 7.05 Å². The highest BCUT2D eigenvalue weighted by atomic mass is 32.1. The van der Waals surface area contributed by atoms with Gasteiger partial charge in [0.2, 0.25) is 23.5 Å². The Hall–Kier alpha value is -3.41. The second-order valence-electron chi connectivity index (χ2n) is 6.67. The van der Waals surface area contributed by atoms with Gasteiger partial charge in [-0.2, -0.15) is 4.98 Å². The second-order valence-corrected chi connectivity index (χ2v) is 7.53. The zero-order chi connectivity index (χ0) is 20.7. The van der Waals surface area contributed by atoms with Crippen molar-refractivity contribution in [3.63, 3.8) is 0 Å². The van der Waals surface area contributed by atoms with E-state index >= 15 is 0 Å². The molecule has 4 amide bonds. The van der Waals surface area contributed by atoms with Crippen molar-refractivity contribution < 1.29 is 23.7 Å². The molecule has 1 atom stereocenters. The molecule has 1 saturated heterocycles. The number of thiazole rings is 1. The number of carbonyl (C=O) groups excluding carboxylic acids is 4. The SMILES string of the molecule is Cc1csc(-c2noc(CN(C)C3=CC(=O)N(C4CCC(=O)NC4=O)C3=O)n2)n1. The van der Waals surface area contributed by atoms with E-state index in [0.717, 1.165) is 16.7 Å². The highest BCUT2D eigenvalue weighted by molar-refractivity contribution is 7.13. The van der Waals surface area contributed by atoms with Gasteiger partial charge >= 0.3 is 0 Å². The van der Waals surface area contributed by atoms with Crippen LogP contribution in [0.3, 0.4) is 0 Å². The Balaban J connectivity index is 1.46. The van der Waals surface area contributed by atoms with Crippen LogP contribution in [0.25, 0.3) is 10.8 Å². The van der Waals surface area contributed by atoms with Gasteiger partial charge in [-0.15, -0.1) is 11.3 Å². The normalized spacial score (nSPS) is 19.6. The van der Waals surface area contributed by atoms with E-state index in [-0.39, 0.29) is 31.0 Å². The Bertz CT molecular complexity index is 1060. The number of imide groups is 2. The van der Waals surface area contributed by atoms with Crippen LogP contribution in [-0.2, 0) is 25.7 Å². The van der Waals surface area contributed by atoms with Gasteiger partial charge in [0.05, 0.1) is 6.54 Å². The molecule has 0 bridgehead atoms. The first kappa shape index (κ1) is 18.9. The number of carbonyl (C=O) groups is 4. The molecule has 4 heterocycles. The van der Waals surface area contributed by atoms with Crippen molar-refractivity contribution in [2.24, 2.45) is 0 Å². The number of nitrogens with one attached hydrogen (secondary N) is 1. The van der Waals surface area contributed by atoms with E-state index in [0.29, 0.717) is 10.8 Å². The summed E-state index contributed by atoms with van der Waals surface area (Å²) in [4.78, 5) is 59.4. The molecule has 2 aliphatic heterocycles. The molecule has 4 rings (SSSR count). The molecule has 1 fully saturated rings. The minimum Gasteiger partial charge on any atom is -0.361 e. The minimum absolute atomic E-state index is 0.0691. The van der Waals surface area contributed by atoms with Crippen LogP contribution in [-0.4, -0.2) is 61.6 Å². The van der Waals surface area contributed by atoms with Gasteiger partial charge in [-0.25, -0.2) is 4.98 Å². The van der Waals surface area contributed by atoms with Crippen molar-refractivity contribution in [3.8, 4) is 10.8 Å². The number of nitrogens with zero attached hydrogens (tertiary/aromatic N) is 5. The summed E-state index contributed by atoms with van der Waals surface area (Å²) in [5.74, 6) is -1.69. The third-order valence-corrected chi connectivity index (χ3v) is 5.48. The molecular weight excluding hydrogens is 400 g/mol. The molecule has 150 valence electrons. The lowest BCUT2D eigenvalue weighted by atomic mass is 10.0. The predicted octanol–water partition coefficient (Wildman–Crippen LogP) is -0.00878. The fourth-order valence-electron chi connectivity index (χ4n) is 3.12. The third-order valence-electron chi connectivity index (χ3n) is 4.52. The van der Waals surface area contributed by atoms with Crippen LogP contribution in [0, 0.1) is 6.92 Å². The fourth-order valence-corrected chi connectivity index (χ4v) is 3.84. The molecule has 2 aliphatic rings. The maximum Gasteiger partial charge on any atom is 0.277 e. The van der Waals surface area contributed by atoms with Gasteiger partial charge in [0.25, 0.3) is 11.8 Å². The van der Waals surface area contributed by atoms with Gasteiger partial charge in [0.15, 0.2) is 5.01 Å². The number of hydrogen-bond donors (Lipinski definition) is 1. The highest BCUT2D eigenvalue weighted by Crippen LogP contribution is 2.24. The van der Waals surface area contributed by atoms with Gasteiger partial charge in [0.1, 0.15) is 11.7 Å². The van der Waals surface area contributed by atoms with Crippen molar-refractivity contribution in [1.29, 1.82) is 0 Å². The van der Waals surface area contributed by atoms with Crippen LogP contribution < -0.4 is 5.32 Å². The Morgan fingerprint density at radius 2 is 2.10 bits per heavy atom. The lowest BCUT2D eigenvalue weighted by molar-refractivity contribution is -0.150.